The predicted molar refractivity (Wildman–Crippen MR) is 90.6 cm³/mol. The van der Waals surface area contributed by atoms with E-state index in [2.05, 4.69) is 46.8 Å². The van der Waals surface area contributed by atoms with Crippen LogP contribution < -0.4 is 0 Å². The molecule has 1 aliphatic rings. The minimum absolute atomic E-state index is 0.269. The van der Waals surface area contributed by atoms with Crippen molar-refractivity contribution in [2.75, 3.05) is 0 Å². The molecule has 0 fully saturated rings. The van der Waals surface area contributed by atoms with Crippen LogP contribution >= 0.6 is 12.2 Å². The van der Waals surface area contributed by atoms with Crippen molar-refractivity contribution in [3.05, 3.63) is 40.3 Å². The van der Waals surface area contributed by atoms with E-state index < -0.39 is 0 Å². The van der Waals surface area contributed by atoms with Crippen LogP contribution in [0.1, 0.15) is 37.6 Å². The van der Waals surface area contributed by atoms with Gasteiger partial charge in [-0.2, -0.15) is 5.10 Å². The van der Waals surface area contributed by atoms with E-state index in [9.17, 15) is 0 Å². The van der Waals surface area contributed by atoms with E-state index in [0.717, 1.165) is 24.2 Å². The monoisotopic (exact) mass is 310 g/mol. The summed E-state index contributed by atoms with van der Waals surface area (Å²) in [7, 11) is 0. The van der Waals surface area contributed by atoms with Crippen molar-refractivity contribution in [3.63, 3.8) is 0 Å². The van der Waals surface area contributed by atoms with E-state index in [4.69, 9.17) is 17.2 Å². The zero-order valence-corrected chi connectivity index (χ0v) is 13.6. The van der Waals surface area contributed by atoms with Crippen molar-refractivity contribution in [2.24, 2.45) is 0 Å². The number of nitrogens with zero attached hydrogens (tertiary/aromatic N) is 3. The molecule has 1 N–H and O–H groups in total. The molecule has 0 spiro atoms. The number of hydrogen-bond donors (Lipinski definition) is 1. The van der Waals surface area contributed by atoms with E-state index in [0.29, 0.717) is 4.77 Å². The quantitative estimate of drug-likeness (QED) is 0.721. The number of aromatic amines is 1. The Balaban J connectivity index is 2.13. The van der Waals surface area contributed by atoms with Crippen LogP contribution in [0.3, 0.4) is 0 Å². The lowest BCUT2D eigenvalue weighted by Crippen LogP contribution is -2.06. The molecule has 0 saturated heterocycles. The summed E-state index contributed by atoms with van der Waals surface area (Å²) >= 11 is 5.43. The van der Waals surface area contributed by atoms with Gasteiger partial charge in [0.25, 0.3) is 0 Å². The van der Waals surface area contributed by atoms with Crippen molar-refractivity contribution in [2.45, 2.75) is 39.2 Å². The van der Waals surface area contributed by atoms with E-state index in [-0.39, 0.29) is 6.04 Å². The Morgan fingerprint density at radius 3 is 2.86 bits per heavy atom. The highest BCUT2D eigenvalue weighted by molar-refractivity contribution is 7.71. The summed E-state index contributed by atoms with van der Waals surface area (Å²) in [6.07, 6.45) is 3.29. The van der Waals surface area contributed by atoms with Crippen LogP contribution in [-0.2, 0) is 12.8 Å². The Morgan fingerprint density at radius 1 is 1.23 bits per heavy atom. The Morgan fingerprint density at radius 2 is 2.05 bits per heavy atom. The number of nitrogens with one attached hydrogen (secondary N) is 1. The lowest BCUT2D eigenvalue weighted by atomic mass is 10.0. The van der Waals surface area contributed by atoms with Crippen molar-refractivity contribution >= 4 is 23.1 Å². The maximum absolute atomic E-state index is 5.43. The molecule has 22 heavy (non-hydrogen) atoms. The Bertz CT molecular complexity index is 920. The number of fused-ring (bicyclic) bond motifs is 2. The first-order valence-corrected chi connectivity index (χ1v) is 8.15. The topological polar surface area (TPSA) is 46.5 Å². The summed E-state index contributed by atoms with van der Waals surface area (Å²) in [5.74, 6) is 0.941. The van der Waals surface area contributed by atoms with Crippen LogP contribution in [-0.4, -0.2) is 19.7 Å². The molecule has 1 aliphatic carbocycles. The molecule has 2 aromatic heterocycles. The third-order valence-electron chi connectivity index (χ3n) is 4.36. The van der Waals surface area contributed by atoms with Gasteiger partial charge in [-0.3, -0.25) is 14.6 Å². The van der Waals surface area contributed by atoms with Gasteiger partial charge in [-0.05, 0) is 57.0 Å². The Kier molecular flexibility index (Phi) is 3.11. The fourth-order valence-electron chi connectivity index (χ4n) is 3.43. The Hall–Kier alpha value is -2.01. The molecule has 2 heterocycles. The number of para-hydroxylation sites is 1. The lowest BCUT2D eigenvalue weighted by Gasteiger charge is -2.15. The highest BCUT2D eigenvalue weighted by Gasteiger charge is 2.24. The van der Waals surface area contributed by atoms with Gasteiger partial charge in [0, 0.05) is 22.7 Å². The second-order valence-corrected chi connectivity index (χ2v) is 6.49. The smallest absolute Gasteiger partial charge is 0.195 e. The lowest BCUT2D eigenvalue weighted by molar-refractivity contribution is 0.597. The summed E-state index contributed by atoms with van der Waals surface area (Å²) in [5, 5.41) is 8.69. The molecule has 0 bridgehead atoms. The van der Waals surface area contributed by atoms with Gasteiger partial charge in [0.05, 0.1) is 5.52 Å². The van der Waals surface area contributed by atoms with Crippen LogP contribution in [0.2, 0.25) is 0 Å². The molecule has 3 aromatic rings. The summed E-state index contributed by atoms with van der Waals surface area (Å²) in [6.45, 7) is 4.27. The maximum Gasteiger partial charge on any atom is 0.195 e. The summed E-state index contributed by atoms with van der Waals surface area (Å²) in [5.41, 5.74) is 4.81. The summed E-state index contributed by atoms with van der Waals surface area (Å²) in [4.78, 5) is 4.85. The molecular formula is C17H18N4S. The number of aryl methyl sites for hydroxylation is 1. The van der Waals surface area contributed by atoms with Gasteiger partial charge in [-0.1, -0.05) is 18.2 Å². The Labute approximate surface area is 134 Å². The van der Waals surface area contributed by atoms with Crippen molar-refractivity contribution < 1.29 is 0 Å². The SMILES string of the molecule is CC(C)n1c(-c2c3c(nc4ccccc24)CCC3)n[nH]c1=S. The van der Waals surface area contributed by atoms with E-state index in [1.807, 2.05) is 6.07 Å². The number of benzene rings is 1. The number of hydrogen-bond acceptors (Lipinski definition) is 3. The fraction of sp³-hybridized carbons (Fsp3) is 0.353. The zero-order chi connectivity index (χ0) is 15.3. The van der Waals surface area contributed by atoms with Crippen LogP contribution in [0.25, 0.3) is 22.3 Å². The van der Waals surface area contributed by atoms with E-state index in [1.54, 1.807) is 0 Å². The van der Waals surface area contributed by atoms with Crippen LogP contribution in [0.4, 0.5) is 0 Å². The predicted octanol–water partition coefficient (Wildman–Crippen LogP) is 4.23. The standard InChI is InChI=1S/C17H18N4S/c1-10(2)21-16(19-20-17(21)22)15-11-6-3-4-8-13(11)18-14-9-5-7-12(14)15/h3-4,6,8,10H,5,7,9H2,1-2H3,(H,20,22). The van der Waals surface area contributed by atoms with Gasteiger partial charge in [-0.25, -0.2) is 0 Å². The van der Waals surface area contributed by atoms with E-state index >= 15 is 0 Å². The van der Waals surface area contributed by atoms with Crippen molar-refractivity contribution in [1.29, 1.82) is 0 Å². The maximum atomic E-state index is 5.43. The molecule has 0 atom stereocenters. The fourth-order valence-corrected chi connectivity index (χ4v) is 3.77. The zero-order valence-electron chi connectivity index (χ0n) is 12.8. The van der Waals surface area contributed by atoms with Gasteiger partial charge in [0.1, 0.15) is 0 Å². The third-order valence-corrected chi connectivity index (χ3v) is 4.65. The van der Waals surface area contributed by atoms with Crippen LogP contribution in [0, 0.1) is 4.77 Å². The average Bonchev–Trinajstić information content (AvgIpc) is 3.10. The minimum atomic E-state index is 0.269. The van der Waals surface area contributed by atoms with Crippen LogP contribution in [0.5, 0.6) is 0 Å². The number of pyridine rings is 1. The second kappa shape index (κ2) is 5.02. The van der Waals surface area contributed by atoms with Crippen molar-refractivity contribution in [3.8, 4) is 11.4 Å². The van der Waals surface area contributed by atoms with Gasteiger partial charge in [0.2, 0.25) is 0 Å². The first-order chi connectivity index (χ1) is 10.7. The number of H-pyrrole nitrogens is 1. The number of aromatic nitrogens is 4. The first-order valence-electron chi connectivity index (χ1n) is 7.74. The van der Waals surface area contributed by atoms with Crippen molar-refractivity contribution in [1.82, 2.24) is 19.7 Å². The molecule has 0 saturated carbocycles. The molecule has 0 aliphatic heterocycles. The van der Waals surface area contributed by atoms with Gasteiger partial charge >= 0.3 is 0 Å². The molecule has 0 amide bonds. The highest BCUT2D eigenvalue weighted by Crippen LogP contribution is 2.37. The minimum Gasteiger partial charge on any atom is -0.298 e. The molecule has 0 radical (unpaired) electrons. The van der Waals surface area contributed by atoms with E-state index in [1.165, 1.54) is 28.6 Å². The molecule has 4 nitrogen and oxygen atoms in total. The third kappa shape index (κ3) is 1.92. The molecule has 0 unspecified atom stereocenters. The molecular weight excluding hydrogens is 292 g/mol. The summed E-state index contributed by atoms with van der Waals surface area (Å²) in [6, 6.07) is 8.60. The van der Waals surface area contributed by atoms with Crippen LogP contribution in [0.15, 0.2) is 24.3 Å². The molecule has 4 rings (SSSR count). The normalized spacial score (nSPS) is 14.0. The largest absolute Gasteiger partial charge is 0.298 e. The molecule has 1 aromatic carbocycles. The first kappa shape index (κ1) is 13.6. The number of rotatable bonds is 2. The van der Waals surface area contributed by atoms with Gasteiger partial charge in [-0.15, -0.1) is 0 Å². The summed E-state index contributed by atoms with van der Waals surface area (Å²) < 4.78 is 2.79. The second-order valence-electron chi connectivity index (χ2n) is 6.10. The highest BCUT2D eigenvalue weighted by atomic mass is 32.1. The average molecular weight is 310 g/mol. The molecule has 112 valence electrons. The van der Waals surface area contributed by atoms with Gasteiger partial charge < -0.3 is 0 Å². The molecule has 5 heteroatoms. The van der Waals surface area contributed by atoms with Gasteiger partial charge in [0.15, 0.2) is 10.6 Å².